The van der Waals surface area contributed by atoms with E-state index < -0.39 is 5.97 Å². The van der Waals surface area contributed by atoms with E-state index in [0.29, 0.717) is 28.4 Å². The molecule has 0 spiro atoms. The molecule has 3 aromatic rings. The van der Waals surface area contributed by atoms with E-state index in [9.17, 15) is 9.59 Å². The number of carbonyl (C=O) groups excluding carboxylic acids is 2. The number of methoxy groups -OCH3 is 1. The Labute approximate surface area is 186 Å². The fraction of sp³-hybridized carbons (Fsp3) is 0.208. The minimum absolute atomic E-state index is 0.324. The van der Waals surface area contributed by atoms with Gasteiger partial charge >= 0.3 is 11.9 Å². The molecule has 0 fully saturated rings. The van der Waals surface area contributed by atoms with Gasteiger partial charge in [0.2, 0.25) is 0 Å². The molecule has 0 atom stereocenters. The smallest absolute Gasteiger partial charge is 0.338 e. The van der Waals surface area contributed by atoms with E-state index >= 15 is 0 Å². The molecular formula is C24H23ClN2O4. The van der Waals surface area contributed by atoms with Crippen molar-refractivity contribution in [2.45, 2.75) is 20.8 Å². The summed E-state index contributed by atoms with van der Waals surface area (Å²) in [6.07, 6.45) is 1.70. The molecular weight excluding hydrogens is 416 g/mol. The molecule has 0 unspecified atom stereocenters. The molecule has 7 heteroatoms. The lowest BCUT2D eigenvalue weighted by molar-refractivity contribution is 0.0525. The summed E-state index contributed by atoms with van der Waals surface area (Å²) in [6.45, 7) is 6.05. The highest BCUT2D eigenvalue weighted by molar-refractivity contribution is 6.33. The number of halogens is 1. The first-order valence-electron chi connectivity index (χ1n) is 9.74. The second-order valence-electron chi connectivity index (χ2n) is 6.85. The molecule has 3 rings (SSSR count). The number of nitrogens with zero attached hydrogens (tertiary/aromatic N) is 2. The van der Waals surface area contributed by atoms with Gasteiger partial charge in [0.1, 0.15) is 0 Å². The lowest BCUT2D eigenvalue weighted by Gasteiger charge is -2.11. The molecule has 0 saturated heterocycles. The van der Waals surface area contributed by atoms with Crippen LogP contribution in [0.1, 0.15) is 44.6 Å². The number of aryl methyl sites for hydroxylation is 1. The van der Waals surface area contributed by atoms with Crippen LogP contribution in [0.3, 0.4) is 0 Å². The molecule has 2 aromatic carbocycles. The van der Waals surface area contributed by atoms with E-state index in [-0.39, 0.29) is 5.97 Å². The number of hydrogen-bond acceptors (Lipinski definition) is 5. The topological polar surface area (TPSA) is 69.9 Å². The SMILES string of the molecule is CCOC(=O)c1cccc(-n2c(C)cc(C=Nc3cc(C(=O)OC)ccc3Cl)c2C)c1. The van der Waals surface area contributed by atoms with Crippen molar-refractivity contribution in [1.29, 1.82) is 0 Å². The average Bonchev–Trinajstić information content (AvgIpc) is 3.05. The highest BCUT2D eigenvalue weighted by Gasteiger charge is 2.13. The molecule has 0 saturated carbocycles. The number of aliphatic imine (C=N–C) groups is 1. The molecule has 0 aliphatic carbocycles. The zero-order chi connectivity index (χ0) is 22.5. The number of esters is 2. The Bertz CT molecular complexity index is 1160. The number of benzene rings is 2. The number of ether oxygens (including phenoxy) is 2. The lowest BCUT2D eigenvalue weighted by atomic mass is 10.2. The largest absolute Gasteiger partial charge is 0.465 e. The van der Waals surface area contributed by atoms with Crippen molar-refractivity contribution in [2.75, 3.05) is 13.7 Å². The van der Waals surface area contributed by atoms with Gasteiger partial charge in [-0.2, -0.15) is 0 Å². The van der Waals surface area contributed by atoms with Gasteiger partial charge in [-0.3, -0.25) is 4.99 Å². The quantitative estimate of drug-likeness (QED) is 0.378. The Morgan fingerprint density at radius 3 is 2.52 bits per heavy atom. The fourth-order valence-corrected chi connectivity index (χ4v) is 3.46. The Morgan fingerprint density at radius 1 is 1.06 bits per heavy atom. The van der Waals surface area contributed by atoms with E-state index in [1.807, 2.05) is 36.6 Å². The number of rotatable bonds is 6. The normalized spacial score (nSPS) is 11.0. The first-order valence-corrected chi connectivity index (χ1v) is 10.1. The van der Waals surface area contributed by atoms with Crippen molar-refractivity contribution >= 4 is 35.4 Å². The zero-order valence-corrected chi connectivity index (χ0v) is 18.6. The minimum atomic E-state index is -0.451. The molecule has 1 heterocycles. The summed E-state index contributed by atoms with van der Waals surface area (Å²) in [5.41, 5.74) is 5.01. The fourth-order valence-electron chi connectivity index (χ4n) is 3.30. The Hall–Kier alpha value is -3.38. The molecule has 0 radical (unpaired) electrons. The second-order valence-corrected chi connectivity index (χ2v) is 7.26. The van der Waals surface area contributed by atoms with Crippen LogP contribution in [0.4, 0.5) is 5.69 Å². The van der Waals surface area contributed by atoms with E-state index in [2.05, 4.69) is 4.99 Å². The first-order chi connectivity index (χ1) is 14.8. The highest BCUT2D eigenvalue weighted by atomic mass is 35.5. The van der Waals surface area contributed by atoms with Gasteiger partial charge < -0.3 is 14.0 Å². The summed E-state index contributed by atoms with van der Waals surface area (Å²) in [5, 5.41) is 0.430. The van der Waals surface area contributed by atoms with E-state index in [4.69, 9.17) is 21.1 Å². The molecule has 0 N–H and O–H groups in total. The Balaban J connectivity index is 1.95. The highest BCUT2D eigenvalue weighted by Crippen LogP contribution is 2.27. The molecule has 160 valence electrons. The van der Waals surface area contributed by atoms with Crippen molar-refractivity contribution in [3.05, 3.63) is 81.6 Å². The molecule has 0 amide bonds. The van der Waals surface area contributed by atoms with Gasteiger partial charge in [0, 0.05) is 28.9 Å². The van der Waals surface area contributed by atoms with Gasteiger partial charge in [0.15, 0.2) is 0 Å². The summed E-state index contributed by atoms with van der Waals surface area (Å²) in [4.78, 5) is 28.3. The van der Waals surface area contributed by atoms with Crippen molar-refractivity contribution in [3.63, 3.8) is 0 Å². The molecule has 0 bridgehead atoms. The van der Waals surface area contributed by atoms with Gasteiger partial charge in [0.25, 0.3) is 0 Å². The second kappa shape index (κ2) is 9.62. The van der Waals surface area contributed by atoms with E-state index in [1.54, 1.807) is 43.5 Å². The number of aromatic nitrogens is 1. The standard InChI is InChI=1S/C24H23ClN2O4/c1-5-31-24(29)17-7-6-8-20(12-17)27-15(2)11-19(16(27)3)14-26-22-13-18(23(28)30-4)9-10-21(22)25/h6-14H,5H2,1-4H3. The van der Waals surface area contributed by atoms with Gasteiger partial charge in [-0.25, -0.2) is 9.59 Å². The summed E-state index contributed by atoms with van der Waals surface area (Å²) in [7, 11) is 1.33. The molecule has 0 aliphatic heterocycles. The molecule has 0 aliphatic rings. The maximum absolute atomic E-state index is 12.1. The first kappa shape index (κ1) is 22.3. The lowest BCUT2D eigenvalue weighted by Crippen LogP contribution is -2.06. The van der Waals surface area contributed by atoms with Crippen LogP contribution in [0.25, 0.3) is 5.69 Å². The summed E-state index contributed by atoms with van der Waals surface area (Å²) in [5.74, 6) is -0.804. The van der Waals surface area contributed by atoms with Crippen LogP contribution in [-0.2, 0) is 9.47 Å². The summed E-state index contributed by atoms with van der Waals surface area (Å²) >= 11 is 6.24. The predicted molar refractivity (Wildman–Crippen MR) is 121 cm³/mol. The van der Waals surface area contributed by atoms with Gasteiger partial charge in [-0.1, -0.05) is 17.7 Å². The zero-order valence-electron chi connectivity index (χ0n) is 17.8. The van der Waals surface area contributed by atoms with Crippen molar-refractivity contribution in [1.82, 2.24) is 4.57 Å². The van der Waals surface area contributed by atoms with Crippen LogP contribution in [0.15, 0.2) is 53.5 Å². The van der Waals surface area contributed by atoms with Gasteiger partial charge in [0.05, 0.1) is 35.6 Å². The summed E-state index contributed by atoms with van der Waals surface area (Å²) in [6, 6.07) is 14.1. The molecule has 6 nitrogen and oxygen atoms in total. The van der Waals surface area contributed by atoms with E-state index in [1.165, 1.54) is 7.11 Å². The van der Waals surface area contributed by atoms with Crippen LogP contribution in [0, 0.1) is 13.8 Å². The van der Waals surface area contributed by atoms with E-state index in [0.717, 1.165) is 22.6 Å². The van der Waals surface area contributed by atoms with Gasteiger partial charge in [-0.15, -0.1) is 0 Å². The summed E-state index contributed by atoms with van der Waals surface area (Å²) < 4.78 is 11.9. The number of carbonyl (C=O) groups is 2. The van der Waals surface area contributed by atoms with Crippen molar-refractivity contribution < 1.29 is 19.1 Å². The van der Waals surface area contributed by atoms with Crippen LogP contribution in [-0.4, -0.2) is 36.4 Å². The van der Waals surface area contributed by atoms with Crippen LogP contribution < -0.4 is 0 Å². The van der Waals surface area contributed by atoms with Gasteiger partial charge in [-0.05, 0) is 63.2 Å². The Kier molecular flexibility index (Phi) is 6.92. The van der Waals surface area contributed by atoms with Crippen molar-refractivity contribution in [2.24, 2.45) is 4.99 Å². The average molecular weight is 439 g/mol. The van der Waals surface area contributed by atoms with Crippen LogP contribution in [0.5, 0.6) is 0 Å². The third-order valence-corrected chi connectivity index (χ3v) is 5.12. The third-order valence-electron chi connectivity index (χ3n) is 4.80. The minimum Gasteiger partial charge on any atom is -0.465 e. The third kappa shape index (κ3) is 4.86. The maximum atomic E-state index is 12.1. The predicted octanol–water partition coefficient (Wildman–Crippen LogP) is 5.46. The van der Waals surface area contributed by atoms with Crippen molar-refractivity contribution in [3.8, 4) is 5.69 Å². The number of hydrogen-bond donors (Lipinski definition) is 0. The Morgan fingerprint density at radius 2 is 1.81 bits per heavy atom. The molecule has 31 heavy (non-hydrogen) atoms. The molecule has 1 aromatic heterocycles. The van der Waals surface area contributed by atoms with Crippen LogP contribution >= 0.6 is 11.6 Å². The van der Waals surface area contributed by atoms with Crippen LogP contribution in [0.2, 0.25) is 5.02 Å². The monoisotopic (exact) mass is 438 g/mol. The maximum Gasteiger partial charge on any atom is 0.338 e.